The van der Waals surface area contributed by atoms with Gasteiger partial charge in [-0.1, -0.05) is 0 Å². The van der Waals surface area contributed by atoms with Gasteiger partial charge < -0.3 is 19.7 Å². The van der Waals surface area contributed by atoms with E-state index in [1.54, 1.807) is 7.11 Å². The predicted molar refractivity (Wildman–Crippen MR) is 89.4 cm³/mol. The molecule has 2 fully saturated rings. The molecule has 0 radical (unpaired) electrons. The highest BCUT2D eigenvalue weighted by molar-refractivity contribution is 5.85. The number of ether oxygens (including phenoxy) is 2. The van der Waals surface area contributed by atoms with Gasteiger partial charge in [-0.25, -0.2) is 0 Å². The maximum absolute atomic E-state index is 12.8. The van der Waals surface area contributed by atoms with Crippen molar-refractivity contribution in [2.24, 2.45) is 17.8 Å². The molecule has 0 spiro atoms. The molecule has 1 unspecified atom stereocenters. The molecular weight excluding hydrogens is 316 g/mol. The number of nitrogens with zero attached hydrogens (tertiary/aromatic N) is 1. The van der Waals surface area contributed by atoms with Crippen LogP contribution in [0.15, 0.2) is 18.2 Å². The van der Waals surface area contributed by atoms with E-state index < -0.39 is 0 Å². The van der Waals surface area contributed by atoms with Gasteiger partial charge in [0.05, 0.1) is 13.0 Å². The second-order valence-corrected chi connectivity index (χ2v) is 6.61. The zero-order valence-corrected chi connectivity index (χ0v) is 14.1. The van der Waals surface area contributed by atoms with Gasteiger partial charge in [0.1, 0.15) is 18.1 Å². The Hall–Kier alpha value is -1.46. The highest BCUT2D eigenvalue weighted by Crippen LogP contribution is 2.33. The SMILES string of the molecule is COc1ccc2c(c1)CC(C(=O)N1C[C@H]3CNC[C@H]3C1)CO2.Cl. The Morgan fingerprint density at radius 2 is 2.04 bits per heavy atom. The van der Waals surface area contributed by atoms with Crippen LogP contribution < -0.4 is 14.8 Å². The summed E-state index contributed by atoms with van der Waals surface area (Å²) in [6.07, 6.45) is 0.745. The molecule has 23 heavy (non-hydrogen) atoms. The fourth-order valence-corrected chi connectivity index (χ4v) is 3.95. The van der Waals surface area contributed by atoms with Crippen molar-refractivity contribution in [2.45, 2.75) is 6.42 Å². The molecule has 0 aromatic heterocycles. The fourth-order valence-electron chi connectivity index (χ4n) is 3.95. The van der Waals surface area contributed by atoms with Crippen LogP contribution >= 0.6 is 12.4 Å². The lowest BCUT2D eigenvalue weighted by Gasteiger charge is -2.28. The maximum atomic E-state index is 12.8. The minimum Gasteiger partial charge on any atom is -0.497 e. The van der Waals surface area contributed by atoms with Crippen molar-refractivity contribution >= 4 is 18.3 Å². The number of carbonyl (C=O) groups excluding carboxylic acids is 1. The van der Waals surface area contributed by atoms with Crippen LogP contribution in [-0.2, 0) is 11.2 Å². The summed E-state index contributed by atoms with van der Waals surface area (Å²) in [7, 11) is 1.66. The van der Waals surface area contributed by atoms with Gasteiger partial charge in [-0.05, 0) is 42.0 Å². The first-order valence-electron chi connectivity index (χ1n) is 8.04. The molecule has 0 bridgehead atoms. The Morgan fingerprint density at radius 3 is 2.74 bits per heavy atom. The first kappa shape index (κ1) is 16.4. The number of hydrogen-bond donors (Lipinski definition) is 1. The fraction of sp³-hybridized carbons (Fsp3) is 0.588. The van der Waals surface area contributed by atoms with Crippen molar-refractivity contribution in [3.8, 4) is 11.5 Å². The van der Waals surface area contributed by atoms with Crippen molar-refractivity contribution in [2.75, 3.05) is 39.9 Å². The number of amides is 1. The summed E-state index contributed by atoms with van der Waals surface area (Å²) in [5, 5.41) is 3.41. The van der Waals surface area contributed by atoms with Gasteiger partial charge in [0, 0.05) is 26.2 Å². The summed E-state index contributed by atoms with van der Waals surface area (Å²) in [4.78, 5) is 14.8. The van der Waals surface area contributed by atoms with Gasteiger partial charge in [-0.3, -0.25) is 4.79 Å². The summed E-state index contributed by atoms with van der Waals surface area (Å²) in [6.45, 7) is 4.39. The molecular formula is C17H23ClN2O3. The zero-order valence-electron chi connectivity index (χ0n) is 13.3. The van der Waals surface area contributed by atoms with Crippen LogP contribution in [0.5, 0.6) is 11.5 Å². The van der Waals surface area contributed by atoms with E-state index in [2.05, 4.69) is 10.2 Å². The monoisotopic (exact) mass is 338 g/mol. The second kappa shape index (κ2) is 6.57. The molecule has 1 amide bonds. The Balaban J connectivity index is 0.00000156. The van der Waals surface area contributed by atoms with Crippen molar-refractivity contribution in [3.63, 3.8) is 0 Å². The lowest BCUT2D eigenvalue weighted by molar-refractivity contribution is -0.136. The number of methoxy groups -OCH3 is 1. The lowest BCUT2D eigenvalue weighted by Crippen LogP contribution is -2.40. The van der Waals surface area contributed by atoms with E-state index in [-0.39, 0.29) is 24.2 Å². The summed E-state index contributed by atoms with van der Waals surface area (Å²) in [5.41, 5.74) is 1.07. The highest BCUT2D eigenvalue weighted by atomic mass is 35.5. The molecule has 4 rings (SSSR count). The van der Waals surface area contributed by atoms with Crippen molar-refractivity contribution in [1.29, 1.82) is 0 Å². The van der Waals surface area contributed by atoms with E-state index in [0.29, 0.717) is 18.4 Å². The normalized spacial score (nSPS) is 28.4. The number of rotatable bonds is 2. The Morgan fingerprint density at radius 1 is 1.30 bits per heavy atom. The third-order valence-electron chi connectivity index (χ3n) is 5.22. The molecule has 0 aliphatic carbocycles. The Kier molecular flexibility index (Phi) is 4.69. The highest BCUT2D eigenvalue weighted by Gasteiger charge is 2.40. The van der Waals surface area contributed by atoms with Crippen molar-refractivity contribution < 1.29 is 14.3 Å². The molecule has 3 aliphatic rings. The third-order valence-corrected chi connectivity index (χ3v) is 5.22. The van der Waals surface area contributed by atoms with Crippen LogP contribution in [0.3, 0.4) is 0 Å². The molecule has 1 N–H and O–H groups in total. The number of benzene rings is 1. The molecule has 1 aromatic rings. The number of nitrogens with one attached hydrogen (secondary N) is 1. The van der Waals surface area contributed by atoms with E-state index in [1.165, 1.54) is 0 Å². The Bertz CT molecular complexity index is 583. The summed E-state index contributed by atoms with van der Waals surface area (Å²) < 4.78 is 11.1. The van der Waals surface area contributed by atoms with Crippen LogP contribution in [0.1, 0.15) is 5.56 Å². The van der Waals surface area contributed by atoms with E-state index in [0.717, 1.165) is 49.7 Å². The molecule has 3 atom stereocenters. The van der Waals surface area contributed by atoms with Crippen LogP contribution in [0.4, 0.5) is 0 Å². The lowest BCUT2D eigenvalue weighted by atomic mass is 9.95. The molecule has 3 heterocycles. The van der Waals surface area contributed by atoms with E-state index in [4.69, 9.17) is 9.47 Å². The quantitative estimate of drug-likeness (QED) is 0.884. The number of likely N-dealkylation sites (tertiary alicyclic amines) is 1. The smallest absolute Gasteiger partial charge is 0.229 e. The van der Waals surface area contributed by atoms with Crippen molar-refractivity contribution in [3.05, 3.63) is 23.8 Å². The largest absolute Gasteiger partial charge is 0.497 e. The Labute approximate surface area is 142 Å². The maximum Gasteiger partial charge on any atom is 0.229 e. The van der Waals surface area contributed by atoms with E-state index in [9.17, 15) is 4.79 Å². The zero-order chi connectivity index (χ0) is 15.1. The minimum absolute atomic E-state index is 0. The third kappa shape index (κ3) is 3.00. The molecule has 126 valence electrons. The van der Waals surface area contributed by atoms with Gasteiger partial charge in [-0.15, -0.1) is 12.4 Å². The van der Waals surface area contributed by atoms with E-state index >= 15 is 0 Å². The van der Waals surface area contributed by atoms with Crippen LogP contribution in [0.25, 0.3) is 0 Å². The number of fused-ring (bicyclic) bond motifs is 2. The number of halogens is 1. The second-order valence-electron chi connectivity index (χ2n) is 6.61. The predicted octanol–water partition coefficient (Wildman–Crippen LogP) is 1.35. The van der Waals surface area contributed by atoms with Gasteiger partial charge in [0.25, 0.3) is 0 Å². The molecule has 3 aliphatic heterocycles. The first-order chi connectivity index (χ1) is 10.7. The summed E-state index contributed by atoms with van der Waals surface area (Å²) in [5.74, 6) is 3.17. The minimum atomic E-state index is -0.0635. The van der Waals surface area contributed by atoms with Gasteiger partial charge in [-0.2, -0.15) is 0 Å². The molecule has 6 heteroatoms. The molecule has 0 saturated carbocycles. The van der Waals surface area contributed by atoms with Crippen LogP contribution in [0.2, 0.25) is 0 Å². The van der Waals surface area contributed by atoms with E-state index in [1.807, 2.05) is 18.2 Å². The molecule has 5 nitrogen and oxygen atoms in total. The number of carbonyl (C=O) groups is 1. The molecule has 2 saturated heterocycles. The summed E-state index contributed by atoms with van der Waals surface area (Å²) in [6, 6.07) is 5.81. The van der Waals surface area contributed by atoms with Gasteiger partial charge >= 0.3 is 0 Å². The van der Waals surface area contributed by atoms with Crippen LogP contribution in [-0.4, -0.2) is 50.7 Å². The van der Waals surface area contributed by atoms with Crippen molar-refractivity contribution in [1.82, 2.24) is 10.2 Å². The summed E-state index contributed by atoms with van der Waals surface area (Å²) >= 11 is 0. The topological polar surface area (TPSA) is 50.8 Å². The van der Waals surface area contributed by atoms with Gasteiger partial charge in [0.15, 0.2) is 0 Å². The average molecular weight is 339 g/mol. The molecule has 1 aromatic carbocycles. The van der Waals surface area contributed by atoms with Gasteiger partial charge in [0.2, 0.25) is 5.91 Å². The average Bonchev–Trinajstić information content (AvgIpc) is 3.14. The first-order valence-corrected chi connectivity index (χ1v) is 8.04. The van der Waals surface area contributed by atoms with Crippen LogP contribution in [0, 0.1) is 17.8 Å². The standard InChI is InChI=1S/C17H22N2O3.ClH/c1-21-15-2-3-16-11(5-15)4-12(10-22-16)17(20)19-8-13-6-18-7-14(13)9-19;/h2-3,5,12-14,18H,4,6-10H2,1H3;1H/t12?,13-,14+;. The number of hydrogen-bond acceptors (Lipinski definition) is 4.